The van der Waals surface area contributed by atoms with Crippen LogP contribution in [0.2, 0.25) is 0 Å². The van der Waals surface area contributed by atoms with E-state index in [0.717, 1.165) is 66.9 Å². The summed E-state index contributed by atoms with van der Waals surface area (Å²) in [6.07, 6.45) is 0. The van der Waals surface area contributed by atoms with Crippen molar-refractivity contribution in [2.45, 2.75) is 0 Å². The predicted octanol–water partition coefficient (Wildman–Crippen LogP) is 14.3. The zero-order valence-corrected chi connectivity index (χ0v) is 30.1. The Morgan fingerprint density at radius 1 is 0.473 bits per heavy atom. The van der Waals surface area contributed by atoms with Crippen LogP contribution < -0.4 is 4.90 Å². The Hall–Kier alpha value is -7.15. The Morgan fingerprint density at radius 3 is 2.04 bits per heavy atom. The number of anilines is 3. The summed E-state index contributed by atoms with van der Waals surface area (Å²) < 4.78 is 17.7. The average Bonchev–Trinajstić information content (AvgIpc) is 4.01. The molecule has 0 saturated heterocycles. The summed E-state index contributed by atoms with van der Waals surface area (Å²) in [4.78, 5) is 7.22. The second kappa shape index (κ2) is 11.7. The van der Waals surface area contributed by atoms with Gasteiger partial charge in [-0.15, -0.1) is 11.3 Å². The van der Waals surface area contributed by atoms with Crippen molar-refractivity contribution in [1.82, 2.24) is 9.55 Å². The first kappa shape index (κ1) is 30.3. The Bertz CT molecular complexity index is 3450. The first-order chi connectivity index (χ1) is 27.2. The highest BCUT2D eigenvalue weighted by molar-refractivity contribution is 7.26. The molecule has 0 unspecified atom stereocenters. The molecule has 12 rings (SSSR count). The summed E-state index contributed by atoms with van der Waals surface area (Å²) >= 11 is 1.83. The molecule has 6 heteroatoms. The third kappa shape index (κ3) is 4.62. The minimum atomic E-state index is 0.597. The number of para-hydroxylation sites is 2. The summed E-state index contributed by atoms with van der Waals surface area (Å²) in [5.41, 5.74) is 10.7. The van der Waals surface area contributed by atoms with Gasteiger partial charge in [-0.3, -0.25) is 0 Å². The van der Waals surface area contributed by atoms with Crippen LogP contribution in [0.5, 0.6) is 0 Å². The maximum absolute atomic E-state index is 6.49. The number of hydrogen-bond acceptors (Lipinski definition) is 5. The number of rotatable bonds is 5. The number of fused-ring (bicyclic) bond motifs is 10. The molecule has 4 aromatic heterocycles. The molecule has 0 bridgehead atoms. The lowest BCUT2D eigenvalue weighted by Gasteiger charge is -2.27. The van der Waals surface area contributed by atoms with E-state index >= 15 is 0 Å². The van der Waals surface area contributed by atoms with E-state index in [1.54, 1.807) is 0 Å². The van der Waals surface area contributed by atoms with E-state index in [1.807, 2.05) is 47.7 Å². The van der Waals surface area contributed by atoms with E-state index in [4.69, 9.17) is 13.8 Å². The Kier molecular flexibility index (Phi) is 6.44. The molecule has 8 aromatic carbocycles. The fraction of sp³-hybridized carbons (Fsp3) is 0. The Labute approximate surface area is 318 Å². The molecular weight excluding hydrogens is 695 g/mol. The fourth-order valence-corrected chi connectivity index (χ4v) is 9.48. The number of hydrogen-bond donors (Lipinski definition) is 0. The van der Waals surface area contributed by atoms with Crippen LogP contribution in [0.15, 0.2) is 185 Å². The van der Waals surface area contributed by atoms with Gasteiger partial charge in [-0.05, 0) is 91.0 Å². The van der Waals surface area contributed by atoms with E-state index in [0.29, 0.717) is 5.89 Å². The first-order valence-electron chi connectivity index (χ1n) is 18.4. The van der Waals surface area contributed by atoms with Crippen molar-refractivity contribution in [3.8, 4) is 17.1 Å². The number of oxazole rings is 1. The topological polar surface area (TPSA) is 47.3 Å². The van der Waals surface area contributed by atoms with E-state index in [1.165, 1.54) is 36.5 Å². The second-order valence-electron chi connectivity index (χ2n) is 14.0. The van der Waals surface area contributed by atoms with Gasteiger partial charge in [-0.1, -0.05) is 78.9 Å². The lowest BCUT2D eigenvalue weighted by molar-refractivity contribution is 0.620. The van der Waals surface area contributed by atoms with E-state index < -0.39 is 0 Å². The van der Waals surface area contributed by atoms with Gasteiger partial charge in [0, 0.05) is 70.4 Å². The van der Waals surface area contributed by atoms with Crippen LogP contribution in [0.1, 0.15) is 0 Å². The van der Waals surface area contributed by atoms with Crippen molar-refractivity contribution in [3.63, 3.8) is 0 Å². The molecule has 258 valence electrons. The van der Waals surface area contributed by atoms with Gasteiger partial charge in [-0.2, -0.15) is 0 Å². The largest absolute Gasteiger partial charge is 0.456 e. The smallest absolute Gasteiger partial charge is 0.227 e. The SMILES string of the molecule is c1ccc(-c2nc3cc4oc5ccc(N(c6ccc7c(c6)c6ccccc6n7-c6ccccc6)c6cccc7sc8ccccc8c67)cc5c4cc3o2)cc1. The van der Waals surface area contributed by atoms with Crippen molar-refractivity contribution in [3.05, 3.63) is 176 Å². The molecule has 55 heavy (non-hydrogen) atoms. The maximum atomic E-state index is 6.49. The number of aromatic nitrogens is 2. The van der Waals surface area contributed by atoms with Crippen molar-refractivity contribution < 1.29 is 8.83 Å². The van der Waals surface area contributed by atoms with Crippen molar-refractivity contribution >= 4 is 103 Å². The average molecular weight is 724 g/mol. The van der Waals surface area contributed by atoms with Gasteiger partial charge in [0.2, 0.25) is 5.89 Å². The van der Waals surface area contributed by atoms with E-state index in [2.05, 4.69) is 149 Å². The van der Waals surface area contributed by atoms with Gasteiger partial charge in [0.25, 0.3) is 0 Å². The highest BCUT2D eigenvalue weighted by atomic mass is 32.1. The fourth-order valence-electron chi connectivity index (χ4n) is 8.35. The van der Waals surface area contributed by atoms with Crippen LogP contribution in [0.25, 0.3) is 92.2 Å². The van der Waals surface area contributed by atoms with Gasteiger partial charge in [0.05, 0.1) is 16.7 Å². The monoisotopic (exact) mass is 723 g/mol. The summed E-state index contributed by atoms with van der Waals surface area (Å²) in [6.45, 7) is 0. The zero-order valence-electron chi connectivity index (χ0n) is 29.3. The van der Waals surface area contributed by atoms with Crippen LogP contribution in [-0.2, 0) is 0 Å². The van der Waals surface area contributed by atoms with Crippen LogP contribution >= 0.6 is 11.3 Å². The summed E-state index contributed by atoms with van der Waals surface area (Å²) in [6, 6.07) is 62.2. The third-order valence-electron chi connectivity index (χ3n) is 10.8. The Morgan fingerprint density at radius 2 is 1.16 bits per heavy atom. The van der Waals surface area contributed by atoms with Crippen LogP contribution in [0, 0.1) is 0 Å². The van der Waals surface area contributed by atoms with Gasteiger partial charge in [-0.25, -0.2) is 4.98 Å². The lowest BCUT2D eigenvalue weighted by Crippen LogP contribution is -2.10. The van der Waals surface area contributed by atoms with Crippen molar-refractivity contribution in [1.29, 1.82) is 0 Å². The number of thiophene rings is 1. The molecule has 0 saturated carbocycles. The minimum Gasteiger partial charge on any atom is -0.456 e. The first-order valence-corrected chi connectivity index (χ1v) is 19.2. The van der Waals surface area contributed by atoms with Crippen molar-refractivity contribution in [2.75, 3.05) is 4.90 Å². The molecule has 4 heterocycles. The number of furan rings is 1. The van der Waals surface area contributed by atoms with Crippen LogP contribution in [-0.4, -0.2) is 9.55 Å². The Balaban J connectivity index is 1.11. The van der Waals surface area contributed by atoms with Crippen LogP contribution in [0.4, 0.5) is 17.1 Å². The van der Waals surface area contributed by atoms with Gasteiger partial charge in [0.1, 0.15) is 16.7 Å². The molecule has 0 radical (unpaired) electrons. The highest BCUT2D eigenvalue weighted by Crippen LogP contribution is 2.47. The summed E-state index contributed by atoms with van der Waals surface area (Å²) in [5.74, 6) is 0.597. The molecular formula is C49H29N3O2S. The molecule has 12 aromatic rings. The molecule has 0 atom stereocenters. The van der Waals surface area contributed by atoms with E-state index in [-0.39, 0.29) is 0 Å². The molecule has 0 amide bonds. The number of benzene rings is 8. The zero-order chi connectivity index (χ0) is 36.0. The van der Waals surface area contributed by atoms with Crippen LogP contribution in [0.3, 0.4) is 0 Å². The standard InChI is InChI=1S/C49H29N3O2S/c1-3-12-30(13-4-1)49-50-39-29-44-38(28-45(39)54-49)37-27-33(23-25-43(37)53-44)51(42-19-11-21-47-48(42)35-17-8-10-20-46(35)55-47)32-22-24-41-36(26-32)34-16-7-9-18-40(34)52(41)31-14-5-2-6-15-31/h1-29H. The number of nitrogens with zero attached hydrogens (tertiary/aromatic N) is 3. The lowest BCUT2D eigenvalue weighted by atomic mass is 10.1. The quantitative estimate of drug-likeness (QED) is 0.177. The molecule has 5 nitrogen and oxygen atoms in total. The third-order valence-corrected chi connectivity index (χ3v) is 11.9. The second-order valence-corrected chi connectivity index (χ2v) is 15.0. The predicted molar refractivity (Wildman–Crippen MR) is 229 cm³/mol. The maximum Gasteiger partial charge on any atom is 0.227 e. The molecule has 0 fully saturated rings. The van der Waals surface area contributed by atoms with Gasteiger partial charge in [0.15, 0.2) is 5.58 Å². The van der Waals surface area contributed by atoms with E-state index in [9.17, 15) is 0 Å². The normalized spacial score (nSPS) is 12.0. The molecule has 0 spiro atoms. The molecule has 0 aliphatic carbocycles. The molecule has 0 aliphatic heterocycles. The van der Waals surface area contributed by atoms with Crippen molar-refractivity contribution in [2.24, 2.45) is 0 Å². The molecule has 0 aliphatic rings. The summed E-state index contributed by atoms with van der Waals surface area (Å²) in [7, 11) is 0. The van der Waals surface area contributed by atoms with Gasteiger partial charge >= 0.3 is 0 Å². The molecule has 0 N–H and O–H groups in total. The summed E-state index contributed by atoms with van der Waals surface area (Å²) in [5, 5.41) is 6.90. The van der Waals surface area contributed by atoms with Gasteiger partial charge < -0.3 is 18.3 Å². The minimum absolute atomic E-state index is 0.597. The highest BCUT2D eigenvalue weighted by Gasteiger charge is 2.22.